The van der Waals surface area contributed by atoms with Crippen LogP contribution >= 0.6 is 56.9 Å². The Morgan fingerprint density at radius 2 is 1.82 bits per heavy atom. The minimum atomic E-state index is -0.438. The van der Waals surface area contributed by atoms with Gasteiger partial charge in [-0.25, -0.2) is 9.38 Å². The molecule has 3 aromatic rings. The largest absolute Gasteiger partial charge is 0.487 e. The predicted molar refractivity (Wildman–Crippen MR) is 147 cm³/mol. The summed E-state index contributed by atoms with van der Waals surface area (Å²) in [5.41, 5.74) is 2.07. The number of nitro benzene ring substituents is 1. The summed E-state index contributed by atoms with van der Waals surface area (Å²) in [6, 6.07) is 15.8. The number of amidine groups is 1. The number of hydrogen-bond acceptors (Lipinski definition) is 6. The second kappa shape index (κ2) is 10.8. The molecule has 0 spiro atoms. The van der Waals surface area contributed by atoms with Crippen LogP contribution in [0.4, 0.5) is 15.8 Å². The summed E-state index contributed by atoms with van der Waals surface area (Å²) >= 11 is 5.52. The van der Waals surface area contributed by atoms with E-state index in [1.807, 2.05) is 12.1 Å². The van der Waals surface area contributed by atoms with Crippen molar-refractivity contribution in [2.75, 3.05) is 0 Å². The number of halogens is 3. The van der Waals surface area contributed by atoms with E-state index < -0.39 is 4.92 Å². The maximum atomic E-state index is 13.1. The van der Waals surface area contributed by atoms with E-state index in [1.54, 1.807) is 18.2 Å². The van der Waals surface area contributed by atoms with Crippen LogP contribution in [0.5, 0.6) is 5.75 Å². The fourth-order valence-corrected chi connectivity index (χ4v) is 5.95. The number of non-ortho nitro benzene ring substituents is 1. The smallest absolute Gasteiger partial charge is 0.269 e. The van der Waals surface area contributed by atoms with Gasteiger partial charge < -0.3 is 10.1 Å². The van der Waals surface area contributed by atoms with Crippen molar-refractivity contribution < 1.29 is 18.8 Å². The zero-order valence-electron chi connectivity index (χ0n) is 17.1. The van der Waals surface area contributed by atoms with Gasteiger partial charge in [-0.15, -0.1) is 0 Å². The van der Waals surface area contributed by atoms with Gasteiger partial charge in [0, 0.05) is 12.1 Å². The number of carbonyl (C=O) groups excluding carboxylic acids is 1. The minimum Gasteiger partial charge on any atom is -0.487 e. The standard InChI is InChI=1S/C23H14FI2N3O4S/c24-15-4-6-16(7-5-15)27-23-28-22(30)20(34-23)11-14-9-18(25)21(19(26)10-14)33-12-13-2-1-3-17(8-13)29(31)32/h1-11H,12H2,(H,27,28,30)/b20-11+. The van der Waals surface area contributed by atoms with Crippen molar-refractivity contribution in [2.45, 2.75) is 6.61 Å². The van der Waals surface area contributed by atoms with Gasteiger partial charge in [0.05, 0.1) is 22.7 Å². The van der Waals surface area contributed by atoms with Crippen molar-refractivity contribution in [1.29, 1.82) is 0 Å². The molecular weight excluding hydrogens is 687 g/mol. The van der Waals surface area contributed by atoms with Crippen molar-refractivity contribution in [3.05, 3.63) is 99.8 Å². The highest BCUT2D eigenvalue weighted by atomic mass is 127. The molecule has 4 rings (SSSR count). The molecule has 0 atom stereocenters. The number of nitrogens with one attached hydrogen (secondary N) is 1. The monoisotopic (exact) mass is 701 g/mol. The van der Waals surface area contributed by atoms with Crippen LogP contribution in [-0.2, 0) is 11.4 Å². The molecule has 1 amide bonds. The first-order chi connectivity index (χ1) is 16.3. The Hall–Kier alpha value is -2.52. The number of nitrogens with zero attached hydrogens (tertiary/aromatic N) is 2. The fraction of sp³-hybridized carbons (Fsp3) is 0.0435. The Morgan fingerprint density at radius 1 is 1.12 bits per heavy atom. The van der Waals surface area contributed by atoms with E-state index >= 15 is 0 Å². The maximum absolute atomic E-state index is 13.1. The first-order valence-corrected chi connectivity index (χ1v) is 12.7. The van der Waals surface area contributed by atoms with Crippen LogP contribution in [0.1, 0.15) is 11.1 Å². The van der Waals surface area contributed by atoms with Crippen LogP contribution in [0.2, 0.25) is 0 Å². The first-order valence-electron chi connectivity index (χ1n) is 9.69. The highest BCUT2D eigenvalue weighted by molar-refractivity contribution is 14.1. The van der Waals surface area contributed by atoms with E-state index in [4.69, 9.17) is 4.74 Å². The van der Waals surface area contributed by atoms with Crippen molar-refractivity contribution in [3.63, 3.8) is 0 Å². The maximum Gasteiger partial charge on any atom is 0.269 e. The summed E-state index contributed by atoms with van der Waals surface area (Å²) in [7, 11) is 0. The van der Waals surface area contributed by atoms with Crippen LogP contribution in [0.25, 0.3) is 6.08 Å². The normalized spacial score (nSPS) is 15.6. The van der Waals surface area contributed by atoms with Crippen molar-refractivity contribution in [2.24, 2.45) is 4.99 Å². The Labute approximate surface area is 225 Å². The third-order valence-electron chi connectivity index (χ3n) is 4.53. The third kappa shape index (κ3) is 6.13. The average molecular weight is 701 g/mol. The quantitative estimate of drug-likeness (QED) is 0.139. The Balaban J connectivity index is 1.49. The Kier molecular flexibility index (Phi) is 7.83. The number of carbonyl (C=O) groups is 1. The topological polar surface area (TPSA) is 93.8 Å². The van der Waals surface area contributed by atoms with Crippen molar-refractivity contribution >= 4 is 85.5 Å². The van der Waals surface area contributed by atoms with Gasteiger partial charge in [0.15, 0.2) is 5.17 Å². The molecule has 1 aliphatic heterocycles. The summed E-state index contributed by atoms with van der Waals surface area (Å²) in [6.07, 6.45) is 1.77. The van der Waals surface area contributed by atoms with Crippen LogP contribution in [-0.4, -0.2) is 16.0 Å². The summed E-state index contributed by atoms with van der Waals surface area (Å²) in [4.78, 5) is 27.7. The summed E-state index contributed by atoms with van der Waals surface area (Å²) in [5, 5.41) is 14.1. The summed E-state index contributed by atoms with van der Waals surface area (Å²) in [5.74, 6) is 0.0492. The molecular formula is C23H14FI2N3O4S. The lowest BCUT2D eigenvalue weighted by molar-refractivity contribution is -0.384. The van der Waals surface area contributed by atoms with Crippen molar-refractivity contribution in [3.8, 4) is 5.75 Å². The van der Waals surface area contributed by atoms with Gasteiger partial charge in [-0.3, -0.25) is 14.9 Å². The lowest BCUT2D eigenvalue weighted by Gasteiger charge is -2.11. The molecule has 0 saturated carbocycles. The Bertz CT molecular complexity index is 1320. The molecule has 0 aliphatic carbocycles. The van der Waals surface area contributed by atoms with E-state index in [2.05, 4.69) is 55.5 Å². The highest BCUT2D eigenvalue weighted by Gasteiger charge is 2.24. The Morgan fingerprint density at radius 3 is 2.50 bits per heavy atom. The van der Waals surface area contributed by atoms with Crippen LogP contribution < -0.4 is 10.1 Å². The molecule has 11 heteroatoms. The fourth-order valence-electron chi connectivity index (χ4n) is 2.98. The van der Waals surface area contributed by atoms with E-state index in [0.29, 0.717) is 27.1 Å². The van der Waals surface area contributed by atoms with Gasteiger partial charge in [0.2, 0.25) is 0 Å². The number of rotatable bonds is 6. The molecule has 3 aromatic carbocycles. The van der Waals surface area contributed by atoms with E-state index in [1.165, 1.54) is 48.2 Å². The van der Waals surface area contributed by atoms with Gasteiger partial charge in [-0.2, -0.15) is 0 Å². The number of amides is 1. The summed E-state index contributed by atoms with van der Waals surface area (Å²) in [6.45, 7) is 0.190. The van der Waals surface area contributed by atoms with Crippen molar-refractivity contribution in [1.82, 2.24) is 5.32 Å². The predicted octanol–water partition coefficient (Wildman–Crippen LogP) is 6.41. The molecule has 0 bridgehead atoms. The van der Waals surface area contributed by atoms with Gasteiger partial charge in [0.25, 0.3) is 11.6 Å². The SMILES string of the molecule is O=C1NC(=Nc2ccc(F)cc2)S/C1=C/c1cc(I)c(OCc2cccc([N+](=O)[O-])c2)c(I)c1. The van der Waals surface area contributed by atoms with E-state index in [0.717, 1.165) is 12.7 Å². The number of benzene rings is 3. The molecule has 7 nitrogen and oxygen atoms in total. The molecule has 172 valence electrons. The molecule has 1 saturated heterocycles. The number of thioether (sulfide) groups is 1. The number of ether oxygens (including phenoxy) is 1. The van der Waals surface area contributed by atoms with Gasteiger partial charge in [-0.1, -0.05) is 12.1 Å². The summed E-state index contributed by atoms with van der Waals surface area (Å²) < 4.78 is 20.7. The van der Waals surface area contributed by atoms with Gasteiger partial charge >= 0.3 is 0 Å². The van der Waals surface area contributed by atoms with Gasteiger partial charge in [0.1, 0.15) is 18.2 Å². The zero-order chi connectivity index (χ0) is 24.2. The molecule has 0 unspecified atom stereocenters. The molecule has 1 aliphatic rings. The number of hydrogen-bond donors (Lipinski definition) is 1. The molecule has 1 fully saturated rings. The molecule has 1 N–H and O–H groups in total. The van der Waals surface area contributed by atoms with E-state index in [9.17, 15) is 19.3 Å². The third-order valence-corrected chi connectivity index (χ3v) is 7.04. The lowest BCUT2D eigenvalue weighted by Crippen LogP contribution is -2.19. The second-order valence-electron chi connectivity index (χ2n) is 6.99. The van der Waals surface area contributed by atoms with Crippen LogP contribution in [0.3, 0.4) is 0 Å². The van der Waals surface area contributed by atoms with E-state index in [-0.39, 0.29) is 24.0 Å². The number of nitro groups is 1. The van der Waals surface area contributed by atoms with Crippen LogP contribution in [0, 0.1) is 23.1 Å². The highest BCUT2D eigenvalue weighted by Crippen LogP contribution is 2.33. The second-order valence-corrected chi connectivity index (χ2v) is 10.3. The molecule has 1 heterocycles. The first kappa shape index (κ1) is 24.6. The molecule has 0 aromatic heterocycles. The lowest BCUT2D eigenvalue weighted by atomic mass is 10.2. The van der Waals surface area contributed by atoms with Gasteiger partial charge in [-0.05, 0) is 111 Å². The molecule has 0 radical (unpaired) electrons. The average Bonchev–Trinajstić information content (AvgIpc) is 3.13. The zero-order valence-corrected chi connectivity index (χ0v) is 22.3. The number of aliphatic imine (C=N–C) groups is 1. The molecule has 34 heavy (non-hydrogen) atoms. The minimum absolute atomic E-state index is 0.0159. The van der Waals surface area contributed by atoms with Crippen LogP contribution in [0.15, 0.2) is 70.6 Å².